The molecule has 0 aliphatic rings. The predicted octanol–water partition coefficient (Wildman–Crippen LogP) is 1.99. The van der Waals surface area contributed by atoms with Crippen LogP contribution in [0.3, 0.4) is 0 Å². The fourth-order valence-corrected chi connectivity index (χ4v) is 4.32. The minimum absolute atomic E-state index is 0.0532. The molecule has 5 nitrogen and oxygen atoms in total. The Morgan fingerprint density at radius 1 is 1.24 bits per heavy atom. The Bertz CT molecular complexity index is 678. The molecule has 1 heterocycles. The highest BCUT2D eigenvalue weighted by molar-refractivity contribution is 7.88. The van der Waals surface area contributed by atoms with Crippen LogP contribution in [-0.2, 0) is 27.9 Å². The summed E-state index contributed by atoms with van der Waals surface area (Å²) in [6.07, 6.45) is 1.66. The zero-order chi connectivity index (χ0) is 15.5. The van der Waals surface area contributed by atoms with E-state index >= 15 is 0 Å². The second-order valence-corrected chi connectivity index (χ2v) is 7.91. The van der Waals surface area contributed by atoms with Crippen molar-refractivity contribution < 1.29 is 13.5 Å². The maximum atomic E-state index is 12.3. The predicted molar refractivity (Wildman–Crippen MR) is 83.3 cm³/mol. The Balaban J connectivity index is 2.11. The van der Waals surface area contributed by atoms with E-state index in [1.165, 1.54) is 11.3 Å². The fourth-order valence-electron chi connectivity index (χ4n) is 1.96. The number of nitrogens with one attached hydrogen (secondary N) is 1. The third-order valence-electron chi connectivity index (χ3n) is 2.94. The highest BCUT2D eigenvalue weighted by atomic mass is 32.2. The Morgan fingerprint density at radius 3 is 2.38 bits per heavy atom. The van der Waals surface area contributed by atoms with E-state index in [4.69, 9.17) is 5.11 Å². The molecule has 0 radical (unpaired) electrons. The first-order valence-corrected chi connectivity index (χ1v) is 8.96. The van der Waals surface area contributed by atoms with Crippen molar-refractivity contribution >= 4 is 21.4 Å². The summed E-state index contributed by atoms with van der Waals surface area (Å²) in [6, 6.07) is 6.86. The van der Waals surface area contributed by atoms with Gasteiger partial charge < -0.3 is 5.11 Å². The highest BCUT2D eigenvalue weighted by Crippen LogP contribution is 2.23. The van der Waals surface area contributed by atoms with Gasteiger partial charge in [-0.3, -0.25) is 0 Å². The minimum Gasteiger partial charge on any atom is -0.392 e. The van der Waals surface area contributed by atoms with E-state index in [0.29, 0.717) is 5.56 Å². The molecule has 1 aromatic heterocycles. The minimum atomic E-state index is -3.48. The monoisotopic (exact) mass is 326 g/mol. The van der Waals surface area contributed by atoms with E-state index in [2.05, 4.69) is 9.71 Å². The molecule has 1 aromatic carbocycles. The first-order valence-electron chi connectivity index (χ1n) is 6.43. The van der Waals surface area contributed by atoms with Crippen molar-refractivity contribution in [1.29, 1.82) is 0 Å². The van der Waals surface area contributed by atoms with Crippen molar-refractivity contribution in [2.45, 2.75) is 31.7 Å². The quantitative estimate of drug-likeness (QED) is 0.851. The van der Waals surface area contributed by atoms with Gasteiger partial charge in [0.2, 0.25) is 10.0 Å². The summed E-state index contributed by atoms with van der Waals surface area (Å²) < 4.78 is 27.2. The first kappa shape index (κ1) is 16.1. The number of rotatable bonds is 6. The van der Waals surface area contributed by atoms with Gasteiger partial charge in [0.15, 0.2) is 0 Å². The maximum Gasteiger partial charge on any atom is 0.216 e. The van der Waals surface area contributed by atoms with Gasteiger partial charge in [-0.2, -0.15) is 0 Å². The van der Waals surface area contributed by atoms with Crippen LogP contribution in [-0.4, -0.2) is 18.5 Å². The SMILES string of the molecule is CC(C)(NS(=O)(=O)Cc1ccc(CO)cc1)c1nccs1. The molecule has 2 rings (SSSR count). The lowest BCUT2D eigenvalue weighted by Gasteiger charge is -2.23. The molecule has 0 saturated carbocycles. The Labute approximate surface area is 128 Å². The highest BCUT2D eigenvalue weighted by Gasteiger charge is 2.29. The number of thiazole rings is 1. The summed E-state index contributed by atoms with van der Waals surface area (Å²) in [7, 11) is -3.48. The van der Waals surface area contributed by atoms with Gasteiger partial charge in [-0.1, -0.05) is 24.3 Å². The van der Waals surface area contributed by atoms with E-state index in [9.17, 15) is 8.42 Å². The molecule has 0 aliphatic carbocycles. The van der Waals surface area contributed by atoms with E-state index in [-0.39, 0.29) is 12.4 Å². The number of aliphatic hydroxyl groups is 1. The summed E-state index contributed by atoms with van der Waals surface area (Å²) in [5.41, 5.74) is 0.694. The summed E-state index contributed by atoms with van der Waals surface area (Å²) in [4.78, 5) is 4.17. The number of hydrogen-bond acceptors (Lipinski definition) is 5. The third kappa shape index (κ3) is 4.34. The summed E-state index contributed by atoms with van der Waals surface area (Å²) >= 11 is 1.42. The van der Waals surface area contributed by atoms with Crippen LogP contribution < -0.4 is 4.72 Å². The Morgan fingerprint density at radius 2 is 1.86 bits per heavy atom. The molecular weight excluding hydrogens is 308 g/mol. The van der Waals surface area contributed by atoms with E-state index < -0.39 is 15.6 Å². The molecule has 0 spiro atoms. The molecule has 0 fully saturated rings. The number of aromatic nitrogens is 1. The smallest absolute Gasteiger partial charge is 0.216 e. The topological polar surface area (TPSA) is 79.3 Å². The molecule has 2 N–H and O–H groups in total. The first-order chi connectivity index (χ1) is 9.82. The molecule has 2 aromatic rings. The van der Waals surface area contributed by atoms with Gasteiger partial charge in [-0.05, 0) is 25.0 Å². The summed E-state index contributed by atoms with van der Waals surface area (Å²) in [5.74, 6) is -0.104. The van der Waals surface area contributed by atoms with Crippen LogP contribution in [0.4, 0.5) is 0 Å². The second kappa shape index (κ2) is 6.23. The third-order valence-corrected chi connectivity index (χ3v) is 5.57. The van der Waals surface area contributed by atoms with Gasteiger partial charge in [0.25, 0.3) is 0 Å². The lowest BCUT2D eigenvalue weighted by Crippen LogP contribution is -2.41. The summed E-state index contributed by atoms with van der Waals surface area (Å²) in [5, 5.41) is 11.5. The molecular formula is C14H18N2O3S2. The average Bonchev–Trinajstić information content (AvgIpc) is 2.92. The van der Waals surface area contributed by atoms with Crippen LogP contribution in [0, 0.1) is 0 Å². The molecule has 0 amide bonds. The fraction of sp³-hybridized carbons (Fsp3) is 0.357. The van der Waals surface area contributed by atoms with Crippen LogP contribution in [0.1, 0.15) is 30.0 Å². The standard InChI is InChI=1S/C14H18N2O3S2/c1-14(2,13-15-7-8-20-13)16-21(18,19)10-12-5-3-11(9-17)4-6-12/h3-8,16-17H,9-10H2,1-2H3. The van der Waals surface area contributed by atoms with Gasteiger partial charge in [-0.25, -0.2) is 18.1 Å². The van der Waals surface area contributed by atoms with Crippen molar-refractivity contribution in [2.75, 3.05) is 0 Å². The van der Waals surface area contributed by atoms with Gasteiger partial charge in [0.1, 0.15) is 5.01 Å². The van der Waals surface area contributed by atoms with Crippen molar-refractivity contribution in [3.05, 3.63) is 52.0 Å². The number of aliphatic hydroxyl groups excluding tert-OH is 1. The van der Waals surface area contributed by atoms with E-state index in [1.54, 1.807) is 44.3 Å². The van der Waals surface area contributed by atoms with Crippen molar-refractivity contribution in [2.24, 2.45) is 0 Å². The van der Waals surface area contributed by atoms with Gasteiger partial charge in [0.05, 0.1) is 17.9 Å². The number of nitrogens with zero attached hydrogens (tertiary/aromatic N) is 1. The van der Waals surface area contributed by atoms with Gasteiger partial charge in [0, 0.05) is 11.6 Å². The van der Waals surface area contributed by atoms with Crippen LogP contribution in [0.15, 0.2) is 35.8 Å². The Kier molecular flexibility index (Phi) is 4.77. The van der Waals surface area contributed by atoms with E-state index in [0.717, 1.165) is 10.6 Å². The summed E-state index contributed by atoms with van der Waals surface area (Å²) in [6.45, 7) is 3.53. The van der Waals surface area contributed by atoms with Crippen molar-refractivity contribution in [1.82, 2.24) is 9.71 Å². The molecule has 0 atom stereocenters. The van der Waals surface area contributed by atoms with Crippen molar-refractivity contribution in [3.8, 4) is 0 Å². The van der Waals surface area contributed by atoms with Gasteiger partial charge >= 0.3 is 0 Å². The van der Waals surface area contributed by atoms with Crippen LogP contribution in [0.25, 0.3) is 0 Å². The van der Waals surface area contributed by atoms with Crippen LogP contribution in [0.2, 0.25) is 0 Å². The molecule has 0 unspecified atom stereocenters. The van der Waals surface area contributed by atoms with E-state index in [1.807, 2.05) is 5.38 Å². The maximum absolute atomic E-state index is 12.3. The lowest BCUT2D eigenvalue weighted by molar-refractivity contribution is 0.282. The molecule has 0 saturated heterocycles. The molecule has 7 heteroatoms. The number of sulfonamides is 1. The average molecular weight is 326 g/mol. The molecule has 0 bridgehead atoms. The largest absolute Gasteiger partial charge is 0.392 e. The number of hydrogen-bond donors (Lipinski definition) is 2. The second-order valence-electron chi connectivity index (χ2n) is 5.30. The normalized spacial score (nSPS) is 12.5. The molecule has 21 heavy (non-hydrogen) atoms. The van der Waals surface area contributed by atoms with Crippen molar-refractivity contribution in [3.63, 3.8) is 0 Å². The van der Waals surface area contributed by atoms with Gasteiger partial charge in [-0.15, -0.1) is 11.3 Å². The zero-order valence-electron chi connectivity index (χ0n) is 11.9. The zero-order valence-corrected chi connectivity index (χ0v) is 13.5. The van der Waals surface area contributed by atoms with Crippen LogP contribution >= 0.6 is 11.3 Å². The number of benzene rings is 1. The molecule has 0 aliphatic heterocycles. The lowest BCUT2D eigenvalue weighted by atomic mass is 10.1. The Hall–Kier alpha value is -1.28. The molecule has 114 valence electrons. The van der Waals surface area contributed by atoms with Crippen LogP contribution in [0.5, 0.6) is 0 Å².